The molecule has 6 nitrogen and oxygen atoms in total. The van der Waals surface area contributed by atoms with Gasteiger partial charge >= 0.3 is 0 Å². The Morgan fingerprint density at radius 2 is 1.59 bits per heavy atom. The van der Waals surface area contributed by atoms with Crippen molar-refractivity contribution in [3.8, 4) is 5.75 Å². The molecular formula is C21H34N4O2. The summed E-state index contributed by atoms with van der Waals surface area (Å²) < 4.78 is 0. The number of aromatic nitrogens is 1. The molecule has 0 saturated heterocycles. The quantitative estimate of drug-likeness (QED) is 0.469. The number of rotatable bonds is 5. The standard InChI is InChI=1S/C21H34N4O2/c1-15-20(27)19(16(14-26)12-22-15)13-23-21(24-17-8-4-2-5-9-17)25-18-10-6-3-7-11-18/h12,17-18,26-27H,2-11,13-14H2,1H3,(H2,23,24,25). The number of pyridine rings is 1. The lowest BCUT2D eigenvalue weighted by atomic mass is 9.95. The Hall–Kier alpha value is -1.82. The first-order valence-electron chi connectivity index (χ1n) is 10.5. The predicted molar refractivity (Wildman–Crippen MR) is 108 cm³/mol. The van der Waals surface area contributed by atoms with E-state index in [0.717, 1.165) is 5.96 Å². The molecule has 2 aliphatic rings. The van der Waals surface area contributed by atoms with Crippen LogP contribution in [0.5, 0.6) is 5.75 Å². The van der Waals surface area contributed by atoms with E-state index in [4.69, 9.17) is 4.99 Å². The first kappa shape index (κ1) is 19.9. The van der Waals surface area contributed by atoms with E-state index in [0.29, 0.717) is 35.4 Å². The molecule has 6 heteroatoms. The van der Waals surface area contributed by atoms with E-state index in [1.54, 1.807) is 13.1 Å². The number of aliphatic imine (C=N–C) groups is 1. The molecule has 1 aromatic rings. The maximum absolute atomic E-state index is 10.4. The van der Waals surface area contributed by atoms with Gasteiger partial charge in [-0.05, 0) is 32.6 Å². The minimum Gasteiger partial charge on any atom is -0.506 e. The van der Waals surface area contributed by atoms with Gasteiger partial charge in [-0.2, -0.15) is 0 Å². The van der Waals surface area contributed by atoms with Crippen molar-refractivity contribution in [1.82, 2.24) is 15.6 Å². The minimum absolute atomic E-state index is 0.139. The Labute approximate surface area is 162 Å². The van der Waals surface area contributed by atoms with Crippen molar-refractivity contribution in [2.24, 2.45) is 4.99 Å². The number of hydrogen-bond donors (Lipinski definition) is 4. The average molecular weight is 375 g/mol. The van der Waals surface area contributed by atoms with Gasteiger partial charge in [0.15, 0.2) is 5.96 Å². The zero-order valence-corrected chi connectivity index (χ0v) is 16.5. The normalized spacial score (nSPS) is 18.9. The van der Waals surface area contributed by atoms with E-state index in [9.17, 15) is 10.2 Å². The van der Waals surface area contributed by atoms with E-state index in [1.807, 2.05) is 0 Å². The van der Waals surface area contributed by atoms with Crippen molar-refractivity contribution in [1.29, 1.82) is 0 Å². The van der Waals surface area contributed by atoms with Crippen molar-refractivity contribution in [3.05, 3.63) is 23.0 Å². The Morgan fingerprint density at radius 3 is 2.11 bits per heavy atom. The molecule has 0 atom stereocenters. The second kappa shape index (κ2) is 9.93. The number of aliphatic hydroxyl groups excluding tert-OH is 1. The molecule has 150 valence electrons. The average Bonchev–Trinajstić information content (AvgIpc) is 2.70. The Kier molecular flexibility index (Phi) is 7.33. The largest absolute Gasteiger partial charge is 0.506 e. The highest BCUT2D eigenvalue weighted by Gasteiger charge is 2.19. The fourth-order valence-electron chi connectivity index (χ4n) is 4.17. The molecule has 2 fully saturated rings. The SMILES string of the molecule is Cc1ncc(CO)c(CN=C(NC2CCCCC2)NC2CCCCC2)c1O. The number of nitrogens with zero attached hydrogens (tertiary/aromatic N) is 2. The monoisotopic (exact) mass is 374 g/mol. The van der Waals surface area contributed by atoms with E-state index in [-0.39, 0.29) is 12.4 Å². The lowest BCUT2D eigenvalue weighted by Crippen LogP contribution is -2.48. The van der Waals surface area contributed by atoms with Crippen LogP contribution in [0.15, 0.2) is 11.2 Å². The summed E-state index contributed by atoms with van der Waals surface area (Å²) in [6.07, 6.45) is 14.1. The summed E-state index contributed by atoms with van der Waals surface area (Å²) in [5.41, 5.74) is 1.87. The fourth-order valence-corrected chi connectivity index (χ4v) is 4.17. The van der Waals surface area contributed by atoms with Crippen LogP contribution in [0.4, 0.5) is 0 Å². The molecule has 0 bridgehead atoms. The zero-order chi connectivity index (χ0) is 19.1. The van der Waals surface area contributed by atoms with Crippen LogP contribution in [-0.4, -0.2) is 33.2 Å². The zero-order valence-electron chi connectivity index (χ0n) is 16.5. The Bertz CT molecular complexity index is 613. The highest BCUT2D eigenvalue weighted by molar-refractivity contribution is 5.80. The molecule has 0 aliphatic heterocycles. The topological polar surface area (TPSA) is 89.8 Å². The lowest BCUT2D eigenvalue weighted by molar-refractivity contribution is 0.279. The molecule has 1 heterocycles. The molecule has 0 unspecified atom stereocenters. The molecule has 0 radical (unpaired) electrons. The predicted octanol–water partition coefficient (Wildman–Crippen LogP) is 3.29. The van der Waals surface area contributed by atoms with Crippen LogP contribution in [0.25, 0.3) is 0 Å². The summed E-state index contributed by atoms with van der Waals surface area (Å²) >= 11 is 0. The van der Waals surface area contributed by atoms with Crippen molar-refractivity contribution in [2.45, 2.75) is 96.4 Å². The first-order chi connectivity index (χ1) is 13.2. The van der Waals surface area contributed by atoms with Gasteiger partial charge in [-0.25, -0.2) is 4.99 Å². The smallest absolute Gasteiger partial charge is 0.192 e. The summed E-state index contributed by atoms with van der Waals surface area (Å²) in [5, 5.41) is 27.2. The number of guanidine groups is 1. The summed E-state index contributed by atoms with van der Waals surface area (Å²) in [7, 11) is 0. The van der Waals surface area contributed by atoms with Gasteiger partial charge in [-0.15, -0.1) is 0 Å². The Balaban J connectivity index is 1.75. The third-order valence-corrected chi connectivity index (χ3v) is 5.89. The molecule has 0 aromatic carbocycles. The number of hydrogen-bond acceptors (Lipinski definition) is 4. The highest BCUT2D eigenvalue weighted by atomic mass is 16.3. The van der Waals surface area contributed by atoms with Crippen LogP contribution < -0.4 is 10.6 Å². The van der Waals surface area contributed by atoms with E-state index in [2.05, 4.69) is 15.6 Å². The summed E-state index contributed by atoms with van der Waals surface area (Å²) in [6, 6.07) is 0.942. The van der Waals surface area contributed by atoms with Crippen molar-refractivity contribution < 1.29 is 10.2 Å². The maximum atomic E-state index is 10.4. The lowest BCUT2D eigenvalue weighted by Gasteiger charge is -2.29. The van der Waals surface area contributed by atoms with E-state index < -0.39 is 0 Å². The molecule has 2 saturated carbocycles. The maximum Gasteiger partial charge on any atom is 0.192 e. The number of aliphatic hydroxyl groups is 1. The van der Waals surface area contributed by atoms with Crippen molar-refractivity contribution in [3.63, 3.8) is 0 Å². The van der Waals surface area contributed by atoms with Gasteiger partial charge in [0.1, 0.15) is 5.75 Å². The molecular weight excluding hydrogens is 340 g/mol. The first-order valence-corrected chi connectivity index (χ1v) is 10.5. The van der Waals surface area contributed by atoms with Gasteiger partial charge < -0.3 is 20.8 Å². The van der Waals surface area contributed by atoms with Crippen LogP contribution >= 0.6 is 0 Å². The second-order valence-electron chi connectivity index (χ2n) is 7.98. The molecule has 4 N–H and O–H groups in total. The fraction of sp³-hybridized carbons (Fsp3) is 0.714. The third kappa shape index (κ3) is 5.58. The van der Waals surface area contributed by atoms with Crippen molar-refractivity contribution in [2.75, 3.05) is 0 Å². The second-order valence-corrected chi connectivity index (χ2v) is 7.98. The molecule has 27 heavy (non-hydrogen) atoms. The summed E-state index contributed by atoms with van der Waals surface area (Å²) in [4.78, 5) is 8.92. The van der Waals surface area contributed by atoms with Gasteiger partial charge in [0.25, 0.3) is 0 Å². The van der Waals surface area contributed by atoms with E-state index in [1.165, 1.54) is 64.2 Å². The number of aryl methyl sites for hydroxylation is 1. The molecule has 0 amide bonds. The minimum atomic E-state index is -0.146. The van der Waals surface area contributed by atoms with Crippen molar-refractivity contribution >= 4 is 5.96 Å². The number of aromatic hydroxyl groups is 1. The van der Waals surface area contributed by atoms with E-state index >= 15 is 0 Å². The van der Waals surface area contributed by atoms with Crippen LogP contribution in [0.2, 0.25) is 0 Å². The van der Waals surface area contributed by atoms with Gasteiger partial charge in [0.2, 0.25) is 0 Å². The highest BCUT2D eigenvalue weighted by Crippen LogP contribution is 2.25. The molecule has 1 aromatic heterocycles. The van der Waals surface area contributed by atoms with Crippen LogP contribution in [0.1, 0.15) is 81.0 Å². The van der Waals surface area contributed by atoms with Crippen LogP contribution in [0, 0.1) is 6.92 Å². The van der Waals surface area contributed by atoms with Gasteiger partial charge in [0.05, 0.1) is 18.8 Å². The van der Waals surface area contributed by atoms with Crippen LogP contribution in [0.3, 0.4) is 0 Å². The third-order valence-electron chi connectivity index (χ3n) is 5.89. The molecule has 3 rings (SSSR count). The molecule has 0 spiro atoms. The van der Waals surface area contributed by atoms with Gasteiger partial charge in [-0.1, -0.05) is 38.5 Å². The molecule has 2 aliphatic carbocycles. The Morgan fingerprint density at radius 1 is 1.04 bits per heavy atom. The number of nitrogens with one attached hydrogen (secondary N) is 2. The van der Waals surface area contributed by atoms with Gasteiger partial charge in [-0.3, -0.25) is 4.98 Å². The van der Waals surface area contributed by atoms with Crippen LogP contribution in [-0.2, 0) is 13.2 Å². The summed E-state index contributed by atoms with van der Waals surface area (Å²) in [5.74, 6) is 0.978. The summed E-state index contributed by atoms with van der Waals surface area (Å²) in [6.45, 7) is 1.96. The van der Waals surface area contributed by atoms with Gasteiger partial charge in [0, 0.05) is 29.4 Å².